The average molecular weight is 430 g/mol. The van der Waals surface area contributed by atoms with E-state index in [2.05, 4.69) is 27.0 Å². The zero-order valence-corrected chi connectivity index (χ0v) is 18.7. The molecule has 0 radical (unpaired) electrons. The number of para-hydroxylation sites is 1. The molecule has 0 saturated carbocycles. The number of nitrogens with zero attached hydrogens (tertiary/aromatic N) is 4. The molecule has 2 unspecified atom stereocenters. The number of benzene rings is 1. The van der Waals surface area contributed by atoms with E-state index in [-0.39, 0.29) is 17.9 Å². The summed E-state index contributed by atoms with van der Waals surface area (Å²) in [4.78, 5) is 36.4. The minimum absolute atomic E-state index is 0.0271. The van der Waals surface area contributed by atoms with Gasteiger partial charge < -0.3 is 10.2 Å². The number of hydrogen-bond donors (Lipinski definition) is 1. The van der Waals surface area contributed by atoms with Crippen LogP contribution in [0.2, 0.25) is 0 Å². The topological polar surface area (TPSA) is 68.8 Å². The highest BCUT2D eigenvalue weighted by Gasteiger charge is 2.29. The summed E-state index contributed by atoms with van der Waals surface area (Å²) in [6.45, 7) is 8.68. The Labute approximate surface area is 182 Å². The molecule has 0 bridgehead atoms. The van der Waals surface area contributed by atoms with Gasteiger partial charge in [-0.15, -0.1) is 0 Å². The van der Waals surface area contributed by atoms with Crippen molar-refractivity contribution in [3.63, 3.8) is 0 Å². The van der Waals surface area contributed by atoms with Gasteiger partial charge in [-0.1, -0.05) is 23.5 Å². The van der Waals surface area contributed by atoms with Crippen LogP contribution in [0.1, 0.15) is 33.1 Å². The van der Waals surface area contributed by atoms with Crippen LogP contribution in [0.25, 0.3) is 10.2 Å². The lowest BCUT2D eigenvalue weighted by Crippen LogP contribution is -2.55. The molecule has 2 fully saturated rings. The van der Waals surface area contributed by atoms with Crippen molar-refractivity contribution in [2.45, 2.75) is 45.2 Å². The Kier molecular flexibility index (Phi) is 6.65. The van der Waals surface area contributed by atoms with E-state index in [0.29, 0.717) is 17.7 Å². The second-order valence-electron chi connectivity index (χ2n) is 8.40. The van der Waals surface area contributed by atoms with Gasteiger partial charge in [-0.25, -0.2) is 4.98 Å². The van der Waals surface area contributed by atoms with E-state index in [1.807, 2.05) is 36.1 Å². The molecule has 1 aromatic carbocycles. The fraction of sp³-hybridized carbons (Fsp3) is 0.591. The van der Waals surface area contributed by atoms with Gasteiger partial charge in [0.1, 0.15) is 0 Å². The monoisotopic (exact) mass is 429 g/mol. The van der Waals surface area contributed by atoms with E-state index in [4.69, 9.17) is 0 Å². The van der Waals surface area contributed by atoms with Crippen LogP contribution >= 0.6 is 11.3 Å². The Bertz CT molecular complexity index is 860. The molecule has 1 N–H and O–H groups in total. The SMILES string of the molecule is CC(C(=O)Nc1nc2ccccc2s1)N1CCN(CC(=O)N2CCCCC2C)CC1. The maximum absolute atomic E-state index is 12.7. The van der Waals surface area contributed by atoms with Crippen LogP contribution in [0.4, 0.5) is 5.13 Å². The standard InChI is InChI=1S/C22H31N5O2S/c1-16-7-5-6-10-27(16)20(28)15-25-11-13-26(14-12-25)17(2)21(29)24-22-23-18-8-3-4-9-19(18)30-22/h3-4,8-9,16-17H,5-7,10-15H2,1-2H3,(H,23,24,29). The number of thiazole rings is 1. The van der Waals surface area contributed by atoms with Gasteiger partial charge in [-0.05, 0) is 45.2 Å². The van der Waals surface area contributed by atoms with Gasteiger partial charge in [0.25, 0.3) is 0 Å². The van der Waals surface area contributed by atoms with Crippen molar-refractivity contribution in [2.24, 2.45) is 0 Å². The summed E-state index contributed by atoms with van der Waals surface area (Å²) in [7, 11) is 0. The lowest BCUT2D eigenvalue weighted by Gasteiger charge is -2.39. The quantitative estimate of drug-likeness (QED) is 0.791. The Morgan fingerprint density at radius 2 is 1.93 bits per heavy atom. The first kappa shape index (κ1) is 21.2. The smallest absolute Gasteiger partial charge is 0.243 e. The summed E-state index contributed by atoms with van der Waals surface area (Å²) in [5, 5.41) is 3.62. The lowest BCUT2D eigenvalue weighted by atomic mass is 10.0. The summed E-state index contributed by atoms with van der Waals surface area (Å²) in [6.07, 6.45) is 3.45. The molecule has 30 heavy (non-hydrogen) atoms. The number of carbonyl (C=O) groups excluding carboxylic acids is 2. The Morgan fingerprint density at radius 3 is 2.67 bits per heavy atom. The maximum Gasteiger partial charge on any atom is 0.243 e. The van der Waals surface area contributed by atoms with Crippen LogP contribution in [0.3, 0.4) is 0 Å². The average Bonchev–Trinajstić information content (AvgIpc) is 3.16. The van der Waals surface area contributed by atoms with Gasteiger partial charge in [0.2, 0.25) is 11.8 Å². The number of carbonyl (C=O) groups is 2. The number of anilines is 1. The van der Waals surface area contributed by atoms with E-state index in [9.17, 15) is 9.59 Å². The molecular formula is C22H31N5O2S. The van der Waals surface area contributed by atoms with Gasteiger partial charge in [-0.2, -0.15) is 0 Å². The van der Waals surface area contributed by atoms with Crippen molar-refractivity contribution in [2.75, 3.05) is 44.6 Å². The number of piperidine rings is 1. The van der Waals surface area contributed by atoms with Crippen molar-refractivity contribution in [3.05, 3.63) is 24.3 Å². The molecule has 1 aromatic heterocycles. The Hall–Kier alpha value is -2.03. The first-order chi connectivity index (χ1) is 14.5. The number of hydrogen-bond acceptors (Lipinski definition) is 6. The molecule has 2 saturated heterocycles. The van der Waals surface area contributed by atoms with E-state index < -0.39 is 0 Å². The summed E-state index contributed by atoms with van der Waals surface area (Å²) in [6, 6.07) is 8.03. The first-order valence-electron chi connectivity index (χ1n) is 10.9. The second kappa shape index (κ2) is 9.41. The second-order valence-corrected chi connectivity index (χ2v) is 9.43. The van der Waals surface area contributed by atoms with Crippen molar-refractivity contribution in [3.8, 4) is 0 Å². The summed E-state index contributed by atoms with van der Waals surface area (Å²) in [5.41, 5.74) is 0.909. The normalized spacial score (nSPS) is 22.2. The molecule has 2 aliphatic rings. The number of nitrogens with one attached hydrogen (secondary N) is 1. The predicted molar refractivity (Wildman–Crippen MR) is 121 cm³/mol. The molecule has 0 spiro atoms. The number of rotatable bonds is 5. The van der Waals surface area contributed by atoms with E-state index >= 15 is 0 Å². The highest BCUT2D eigenvalue weighted by Crippen LogP contribution is 2.25. The number of amides is 2. The number of fused-ring (bicyclic) bond motifs is 1. The third kappa shape index (κ3) is 4.82. The van der Waals surface area contributed by atoms with Crippen LogP contribution in [0.15, 0.2) is 24.3 Å². The minimum atomic E-state index is -0.225. The Balaban J connectivity index is 1.25. The largest absolute Gasteiger partial charge is 0.339 e. The van der Waals surface area contributed by atoms with Crippen molar-refractivity contribution in [1.82, 2.24) is 19.7 Å². The van der Waals surface area contributed by atoms with Crippen molar-refractivity contribution in [1.29, 1.82) is 0 Å². The number of likely N-dealkylation sites (tertiary alicyclic amines) is 1. The van der Waals surface area contributed by atoms with E-state index in [1.54, 1.807) is 0 Å². The van der Waals surface area contributed by atoms with Gasteiger partial charge in [0, 0.05) is 38.8 Å². The van der Waals surface area contributed by atoms with Crippen molar-refractivity contribution >= 4 is 38.5 Å². The van der Waals surface area contributed by atoms with Gasteiger partial charge in [0.15, 0.2) is 5.13 Å². The van der Waals surface area contributed by atoms with Crippen LogP contribution < -0.4 is 5.32 Å². The minimum Gasteiger partial charge on any atom is -0.339 e. The van der Waals surface area contributed by atoms with Gasteiger partial charge >= 0.3 is 0 Å². The van der Waals surface area contributed by atoms with Crippen molar-refractivity contribution < 1.29 is 9.59 Å². The fourth-order valence-electron chi connectivity index (χ4n) is 4.36. The predicted octanol–water partition coefficient (Wildman–Crippen LogP) is 2.64. The Morgan fingerprint density at radius 1 is 1.17 bits per heavy atom. The summed E-state index contributed by atoms with van der Waals surface area (Å²) < 4.78 is 1.07. The molecule has 2 atom stereocenters. The maximum atomic E-state index is 12.7. The van der Waals surface area contributed by atoms with Crippen LogP contribution in [0.5, 0.6) is 0 Å². The van der Waals surface area contributed by atoms with Gasteiger partial charge in [0.05, 0.1) is 22.8 Å². The van der Waals surface area contributed by atoms with E-state index in [0.717, 1.165) is 55.8 Å². The molecule has 0 aliphatic carbocycles. The highest BCUT2D eigenvalue weighted by molar-refractivity contribution is 7.22. The zero-order valence-electron chi connectivity index (χ0n) is 17.8. The number of piperazine rings is 1. The lowest BCUT2D eigenvalue weighted by molar-refractivity contribution is -0.136. The third-order valence-corrected chi connectivity index (χ3v) is 7.29. The number of aromatic nitrogens is 1. The van der Waals surface area contributed by atoms with Crippen LogP contribution in [0, 0.1) is 0 Å². The summed E-state index contributed by atoms with van der Waals surface area (Å²) in [5.74, 6) is 0.220. The van der Waals surface area contributed by atoms with Gasteiger partial charge in [-0.3, -0.25) is 19.4 Å². The van der Waals surface area contributed by atoms with Crippen LogP contribution in [-0.4, -0.2) is 82.9 Å². The first-order valence-corrected chi connectivity index (χ1v) is 11.8. The molecule has 3 heterocycles. The molecule has 8 heteroatoms. The van der Waals surface area contributed by atoms with Crippen LogP contribution in [-0.2, 0) is 9.59 Å². The molecule has 2 amide bonds. The van der Waals surface area contributed by atoms with E-state index in [1.165, 1.54) is 17.8 Å². The highest BCUT2D eigenvalue weighted by atomic mass is 32.1. The molecule has 162 valence electrons. The summed E-state index contributed by atoms with van der Waals surface area (Å²) >= 11 is 1.50. The molecule has 2 aliphatic heterocycles. The zero-order chi connectivity index (χ0) is 21.1. The fourth-order valence-corrected chi connectivity index (χ4v) is 5.23. The molecule has 4 rings (SSSR count). The molecule has 7 nitrogen and oxygen atoms in total. The third-order valence-electron chi connectivity index (χ3n) is 6.34. The molecular weight excluding hydrogens is 398 g/mol. The molecule has 2 aromatic rings.